The standard InChI is InChI=1S/C14H7BrClF5/c15-13(9-5-11(17)12(18)6-10(9)16)7-2-1-3-8(4-7)14(19,20)21/h1-6,13H. The van der Waals surface area contributed by atoms with E-state index < -0.39 is 28.2 Å². The maximum absolute atomic E-state index is 13.3. The van der Waals surface area contributed by atoms with Crippen LogP contribution in [0.15, 0.2) is 36.4 Å². The summed E-state index contributed by atoms with van der Waals surface area (Å²) in [6.45, 7) is 0. The summed E-state index contributed by atoms with van der Waals surface area (Å²) in [5.74, 6) is -2.24. The van der Waals surface area contributed by atoms with Gasteiger partial charge in [0.05, 0.1) is 10.4 Å². The molecule has 0 heterocycles. The van der Waals surface area contributed by atoms with Crippen molar-refractivity contribution < 1.29 is 22.0 Å². The number of hydrogen-bond donors (Lipinski definition) is 0. The fourth-order valence-corrected chi connectivity index (χ4v) is 2.84. The highest BCUT2D eigenvalue weighted by Gasteiger charge is 2.31. The average molecular weight is 386 g/mol. The van der Waals surface area contributed by atoms with Gasteiger partial charge in [-0.15, -0.1) is 0 Å². The van der Waals surface area contributed by atoms with Gasteiger partial charge in [0.1, 0.15) is 0 Å². The summed E-state index contributed by atoms with van der Waals surface area (Å²) in [5, 5.41) is -0.0758. The van der Waals surface area contributed by atoms with Crippen LogP contribution < -0.4 is 0 Å². The summed E-state index contributed by atoms with van der Waals surface area (Å²) in [7, 11) is 0. The lowest BCUT2D eigenvalue weighted by molar-refractivity contribution is -0.137. The van der Waals surface area contributed by atoms with E-state index >= 15 is 0 Å². The van der Waals surface area contributed by atoms with E-state index in [1.54, 1.807) is 0 Å². The van der Waals surface area contributed by atoms with Gasteiger partial charge >= 0.3 is 6.18 Å². The second kappa shape index (κ2) is 5.93. The molecule has 0 bridgehead atoms. The first-order valence-corrected chi connectivity index (χ1v) is 6.95. The van der Waals surface area contributed by atoms with Crippen molar-refractivity contribution in [2.24, 2.45) is 0 Å². The Morgan fingerprint density at radius 1 is 1.00 bits per heavy atom. The molecule has 0 aliphatic carbocycles. The molecule has 0 spiro atoms. The molecule has 0 radical (unpaired) electrons. The smallest absolute Gasteiger partial charge is 0.204 e. The number of halogens is 7. The van der Waals surface area contributed by atoms with Gasteiger partial charge in [-0.25, -0.2) is 8.78 Å². The predicted molar refractivity (Wildman–Crippen MR) is 73.6 cm³/mol. The highest BCUT2D eigenvalue weighted by molar-refractivity contribution is 9.09. The first-order chi connectivity index (χ1) is 9.70. The zero-order chi connectivity index (χ0) is 15.8. The third-order valence-electron chi connectivity index (χ3n) is 2.82. The van der Waals surface area contributed by atoms with Crippen LogP contribution in [-0.2, 0) is 6.18 Å². The lowest BCUT2D eigenvalue weighted by Gasteiger charge is -2.15. The molecule has 2 rings (SSSR count). The molecular weight excluding hydrogens is 379 g/mol. The first-order valence-electron chi connectivity index (χ1n) is 5.66. The van der Waals surface area contributed by atoms with Gasteiger partial charge in [0.25, 0.3) is 0 Å². The fourth-order valence-electron chi connectivity index (χ4n) is 1.78. The topological polar surface area (TPSA) is 0 Å². The summed E-state index contributed by atoms with van der Waals surface area (Å²) in [4.78, 5) is -0.789. The van der Waals surface area contributed by atoms with Crippen LogP contribution in [0, 0.1) is 11.6 Å². The van der Waals surface area contributed by atoms with Crippen molar-refractivity contribution >= 4 is 27.5 Å². The van der Waals surface area contributed by atoms with E-state index in [0.717, 1.165) is 24.3 Å². The molecule has 7 heteroatoms. The van der Waals surface area contributed by atoms with E-state index in [9.17, 15) is 22.0 Å². The normalized spacial score (nSPS) is 13.3. The third kappa shape index (κ3) is 3.55. The SMILES string of the molecule is Fc1cc(Cl)c(C(Br)c2cccc(C(F)(F)F)c2)cc1F. The molecule has 0 saturated carbocycles. The van der Waals surface area contributed by atoms with Crippen molar-refractivity contribution in [1.82, 2.24) is 0 Å². The molecule has 0 amide bonds. The van der Waals surface area contributed by atoms with Gasteiger partial charge in [0.15, 0.2) is 11.6 Å². The zero-order valence-electron chi connectivity index (χ0n) is 10.2. The largest absolute Gasteiger partial charge is 0.416 e. The molecule has 112 valence electrons. The van der Waals surface area contributed by atoms with Crippen LogP contribution in [-0.4, -0.2) is 0 Å². The fraction of sp³-hybridized carbons (Fsp3) is 0.143. The molecule has 0 nitrogen and oxygen atoms in total. The molecule has 0 fully saturated rings. The van der Waals surface area contributed by atoms with Gasteiger partial charge in [-0.1, -0.05) is 45.7 Å². The first kappa shape index (κ1) is 16.2. The Hall–Kier alpha value is -1.14. The van der Waals surface area contributed by atoms with Gasteiger partial charge in [-0.3, -0.25) is 0 Å². The van der Waals surface area contributed by atoms with E-state index in [4.69, 9.17) is 11.6 Å². The third-order valence-corrected chi connectivity index (χ3v) is 4.17. The number of rotatable bonds is 2. The van der Waals surface area contributed by atoms with Crippen LogP contribution in [0.25, 0.3) is 0 Å². The summed E-state index contributed by atoms with van der Waals surface area (Å²) >= 11 is 8.98. The summed E-state index contributed by atoms with van der Waals surface area (Å²) < 4.78 is 64.3. The molecule has 0 aliphatic heterocycles. The van der Waals surface area contributed by atoms with E-state index in [2.05, 4.69) is 15.9 Å². The predicted octanol–water partition coefficient (Wildman–Crippen LogP) is 6.12. The second-order valence-corrected chi connectivity index (χ2v) is 5.60. The van der Waals surface area contributed by atoms with Crippen molar-refractivity contribution in [3.63, 3.8) is 0 Å². The van der Waals surface area contributed by atoms with E-state index in [1.807, 2.05) is 0 Å². The molecule has 21 heavy (non-hydrogen) atoms. The molecule has 1 atom stereocenters. The molecule has 1 unspecified atom stereocenters. The number of benzene rings is 2. The van der Waals surface area contributed by atoms with Crippen LogP contribution in [0.4, 0.5) is 22.0 Å². The maximum atomic E-state index is 13.3. The lowest BCUT2D eigenvalue weighted by atomic mass is 10.0. The summed E-state index contributed by atoms with van der Waals surface area (Å²) in [6, 6.07) is 6.17. The van der Waals surface area contributed by atoms with Gasteiger partial charge in [0, 0.05) is 5.02 Å². The Balaban J connectivity index is 2.45. The quantitative estimate of drug-likeness (QED) is 0.332. The van der Waals surface area contributed by atoms with Crippen molar-refractivity contribution in [2.75, 3.05) is 0 Å². The van der Waals surface area contributed by atoms with Crippen LogP contribution in [0.2, 0.25) is 5.02 Å². The van der Waals surface area contributed by atoms with Crippen LogP contribution in [0.5, 0.6) is 0 Å². The molecule has 0 aliphatic rings. The Morgan fingerprint density at radius 2 is 1.62 bits per heavy atom. The van der Waals surface area contributed by atoms with Crippen molar-refractivity contribution in [3.8, 4) is 0 Å². The van der Waals surface area contributed by atoms with Crippen molar-refractivity contribution in [2.45, 2.75) is 11.0 Å². The van der Waals surface area contributed by atoms with E-state index in [0.29, 0.717) is 0 Å². The monoisotopic (exact) mass is 384 g/mol. The Labute approximate surface area is 130 Å². The molecule has 0 N–H and O–H groups in total. The van der Waals surface area contributed by atoms with E-state index in [-0.39, 0.29) is 16.1 Å². The second-order valence-electron chi connectivity index (χ2n) is 4.27. The van der Waals surface area contributed by atoms with Gasteiger partial charge < -0.3 is 0 Å². The summed E-state index contributed by atoms with van der Waals surface area (Å²) in [5.41, 5.74) is -0.448. The van der Waals surface area contributed by atoms with Gasteiger partial charge in [-0.05, 0) is 29.3 Å². The Bertz CT molecular complexity index is 669. The van der Waals surface area contributed by atoms with Crippen LogP contribution in [0.1, 0.15) is 21.5 Å². The minimum atomic E-state index is -4.49. The number of hydrogen-bond acceptors (Lipinski definition) is 0. The highest BCUT2D eigenvalue weighted by atomic mass is 79.9. The van der Waals surface area contributed by atoms with Crippen molar-refractivity contribution in [1.29, 1.82) is 0 Å². The molecular formula is C14H7BrClF5. The molecule has 2 aromatic carbocycles. The molecule has 0 saturated heterocycles. The molecule has 0 aromatic heterocycles. The summed E-state index contributed by atoms with van der Waals surface area (Å²) in [6.07, 6.45) is -4.49. The van der Waals surface area contributed by atoms with Gasteiger partial charge in [0.2, 0.25) is 0 Å². The van der Waals surface area contributed by atoms with E-state index in [1.165, 1.54) is 12.1 Å². The maximum Gasteiger partial charge on any atom is 0.416 e. The Morgan fingerprint density at radius 3 is 2.24 bits per heavy atom. The zero-order valence-corrected chi connectivity index (χ0v) is 12.5. The lowest BCUT2D eigenvalue weighted by Crippen LogP contribution is -2.06. The highest BCUT2D eigenvalue weighted by Crippen LogP contribution is 2.38. The van der Waals surface area contributed by atoms with Crippen LogP contribution in [0.3, 0.4) is 0 Å². The number of alkyl halides is 4. The van der Waals surface area contributed by atoms with Gasteiger partial charge in [-0.2, -0.15) is 13.2 Å². The average Bonchev–Trinajstić information content (AvgIpc) is 2.41. The minimum absolute atomic E-state index is 0.0758. The molecule has 2 aromatic rings. The van der Waals surface area contributed by atoms with Crippen molar-refractivity contribution in [3.05, 3.63) is 69.7 Å². The Kier molecular flexibility index (Phi) is 4.58. The minimum Gasteiger partial charge on any atom is -0.204 e. The van der Waals surface area contributed by atoms with Crippen LogP contribution >= 0.6 is 27.5 Å².